The van der Waals surface area contributed by atoms with E-state index in [2.05, 4.69) is 4.99 Å². The van der Waals surface area contributed by atoms with Gasteiger partial charge < -0.3 is 9.30 Å². The average molecular weight is 492 g/mol. The molecule has 2 aromatic carbocycles. The SMILES string of the molecule is COCCn1c(=NC(=O)c2ccc(S(=O)(=O)N3CCCC(C)C3)cc2)sc2cc(F)ccc21. The third-order valence-corrected chi connectivity index (χ3v) is 8.64. The molecule has 1 fully saturated rings. The van der Waals surface area contributed by atoms with Gasteiger partial charge in [-0.05, 0) is 61.2 Å². The van der Waals surface area contributed by atoms with Crippen molar-refractivity contribution in [1.82, 2.24) is 8.87 Å². The Morgan fingerprint density at radius 2 is 2.00 bits per heavy atom. The Kier molecular flexibility index (Phi) is 7.08. The van der Waals surface area contributed by atoms with E-state index in [1.54, 1.807) is 13.2 Å². The molecule has 0 saturated carbocycles. The van der Waals surface area contributed by atoms with Crippen molar-refractivity contribution in [2.75, 3.05) is 26.8 Å². The number of hydrogen-bond acceptors (Lipinski definition) is 5. The third kappa shape index (κ3) is 5.08. The number of fused-ring (bicyclic) bond motifs is 1. The van der Waals surface area contributed by atoms with Gasteiger partial charge in [-0.3, -0.25) is 4.79 Å². The van der Waals surface area contributed by atoms with Crippen LogP contribution >= 0.6 is 11.3 Å². The highest BCUT2D eigenvalue weighted by Crippen LogP contribution is 2.24. The number of methoxy groups -OCH3 is 1. The van der Waals surface area contributed by atoms with Crippen molar-refractivity contribution in [3.05, 3.63) is 58.6 Å². The van der Waals surface area contributed by atoms with Gasteiger partial charge in [-0.25, -0.2) is 12.8 Å². The number of amides is 1. The molecule has 10 heteroatoms. The van der Waals surface area contributed by atoms with Gasteiger partial charge in [-0.2, -0.15) is 9.30 Å². The van der Waals surface area contributed by atoms with E-state index in [0.29, 0.717) is 41.7 Å². The lowest BCUT2D eigenvalue weighted by atomic mass is 10.0. The first-order valence-electron chi connectivity index (χ1n) is 10.8. The first-order valence-corrected chi connectivity index (χ1v) is 13.0. The molecular formula is C23H26FN3O4S2. The molecule has 7 nitrogen and oxygen atoms in total. The number of rotatable bonds is 6. The van der Waals surface area contributed by atoms with Crippen molar-refractivity contribution in [2.24, 2.45) is 10.9 Å². The van der Waals surface area contributed by atoms with Crippen molar-refractivity contribution in [2.45, 2.75) is 31.2 Å². The zero-order valence-electron chi connectivity index (χ0n) is 18.5. The van der Waals surface area contributed by atoms with Crippen molar-refractivity contribution < 1.29 is 22.3 Å². The summed E-state index contributed by atoms with van der Waals surface area (Å²) in [6, 6.07) is 10.3. The molecule has 1 aliphatic rings. The molecule has 1 aliphatic heterocycles. The predicted molar refractivity (Wildman–Crippen MR) is 125 cm³/mol. The quantitative estimate of drug-likeness (QED) is 0.527. The van der Waals surface area contributed by atoms with Gasteiger partial charge in [-0.1, -0.05) is 18.3 Å². The van der Waals surface area contributed by atoms with E-state index >= 15 is 0 Å². The van der Waals surface area contributed by atoms with E-state index in [1.807, 2.05) is 11.5 Å². The monoisotopic (exact) mass is 491 g/mol. The van der Waals surface area contributed by atoms with Crippen LogP contribution in [-0.4, -0.2) is 50.0 Å². The number of piperidine rings is 1. The van der Waals surface area contributed by atoms with Gasteiger partial charge in [0.25, 0.3) is 5.91 Å². The van der Waals surface area contributed by atoms with Gasteiger partial charge >= 0.3 is 0 Å². The number of carbonyl (C=O) groups is 1. The van der Waals surface area contributed by atoms with Crippen LogP contribution in [0, 0.1) is 11.7 Å². The van der Waals surface area contributed by atoms with Gasteiger partial charge in [0, 0.05) is 32.3 Å². The second-order valence-electron chi connectivity index (χ2n) is 8.19. The molecular weight excluding hydrogens is 465 g/mol. The maximum Gasteiger partial charge on any atom is 0.279 e. The summed E-state index contributed by atoms with van der Waals surface area (Å²) in [6.07, 6.45) is 1.87. The maximum atomic E-state index is 13.7. The van der Waals surface area contributed by atoms with Gasteiger partial charge in [0.2, 0.25) is 10.0 Å². The smallest absolute Gasteiger partial charge is 0.279 e. The normalized spacial score (nSPS) is 18.2. The Labute approximate surface area is 196 Å². The maximum absolute atomic E-state index is 13.7. The van der Waals surface area contributed by atoms with Crippen LogP contribution in [0.15, 0.2) is 52.4 Å². The Morgan fingerprint density at radius 1 is 1.24 bits per heavy atom. The number of aromatic nitrogens is 1. The number of benzene rings is 2. The van der Waals surface area contributed by atoms with E-state index in [1.165, 1.54) is 52.0 Å². The van der Waals surface area contributed by atoms with Gasteiger partial charge in [0.05, 0.1) is 21.7 Å². The lowest BCUT2D eigenvalue weighted by Crippen LogP contribution is -2.39. The average Bonchev–Trinajstić information content (AvgIpc) is 3.13. The first kappa shape index (κ1) is 23.7. The summed E-state index contributed by atoms with van der Waals surface area (Å²) in [5, 5.41) is 0. The second kappa shape index (κ2) is 9.84. The molecule has 33 heavy (non-hydrogen) atoms. The zero-order chi connectivity index (χ0) is 23.6. The number of halogens is 1. The molecule has 3 aromatic rings. The summed E-state index contributed by atoms with van der Waals surface area (Å²) >= 11 is 1.22. The fourth-order valence-electron chi connectivity index (χ4n) is 3.97. The lowest BCUT2D eigenvalue weighted by Gasteiger charge is -2.30. The van der Waals surface area contributed by atoms with Crippen LogP contribution in [0.4, 0.5) is 4.39 Å². The van der Waals surface area contributed by atoms with Crippen molar-refractivity contribution in [3.63, 3.8) is 0 Å². The van der Waals surface area contributed by atoms with E-state index < -0.39 is 15.9 Å². The molecule has 1 atom stereocenters. The van der Waals surface area contributed by atoms with Crippen LogP contribution in [0.2, 0.25) is 0 Å². The van der Waals surface area contributed by atoms with E-state index in [0.717, 1.165) is 18.4 Å². The number of ether oxygens (including phenoxy) is 1. The Morgan fingerprint density at radius 3 is 2.70 bits per heavy atom. The van der Waals surface area contributed by atoms with Gasteiger partial charge in [0.15, 0.2) is 4.80 Å². The topological polar surface area (TPSA) is 81.0 Å². The largest absolute Gasteiger partial charge is 0.383 e. The third-order valence-electron chi connectivity index (χ3n) is 5.72. The summed E-state index contributed by atoms with van der Waals surface area (Å²) in [7, 11) is -2.01. The molecule has 0 aliphatic carbocycles. The highest BCUT2D eigenvalue weighted by Gasteiger charge is 2.28. The first-order chi connectivity index (χ1) is 15.8. The minimum absolute atomic E-state index is 0.167. The molecule has 1 aromatic heterocycles. The molecule has 2 heterocycles. The number of carbonyl (C=O) groups excluding carboxylic acids is 1. The summed E-state index contributed by atoms with van der Waals surface area (Å²) in [5.41, 5.74) is 1.05. The molecule has 0 bridgehead atoms. The van der Waals surface area contributed by atoms with Crippen LogP contribution in [0.1, 0.15) is 30.1 Å². The number of thiazole rings is 1. The van der Waals surface area contributed by atoms with Crippen LogP contribution in [0.3, 0.4) is 0 Å². The standard InChI is InChI=1S/C23H26FN3O4S2/c1-16-4-3-11-26(15-16)33(29,30)19-8-5-17(6-9-19)22(28)25-23-27(12-13-31-2)20-10-7-18(24)14-21(20)32-23/h5-10,14,16H,3-4,11-13,15H2,1-2H3. The van der Waals surface area contributed by atoms with E-state index in [4.69, 9.17) is 4.74 Å². The highest BCUT2D eigenvalue weighted by atomic mass is 32.2. The van der Waals surface area contributed by atoms with Crippen LogP contribution < -0.4 is 4.80 Å². The molecule has 0 radical (unpaired) electrons. The fraction of sp³-hybridized carbons (Fsp3) is 0.391. The summed E-state index contributed by atoms with van der Waals surface area (Å²) in [5.74, 6) is -0.531. The fourth-order valence-corrected chi connectivity index (χ4v) is 6.64. The number of nitrogens with zero attached hydrogens (tertiary/aromatic N) is 3. The summed E-state index contributed by atoms with van der Waals surface area (Å²) in [4.78, 5) is 17.7. The van der Waals surface area contributed by atoms with Gasteiger partial charge in [0.1, 0.15) is 5.82 Å². The molecule has 1 saturated heterocycles. The molecule has 0 spiro atoms. The minimum Gasteiger partial charge on any atom is -0.383 e. The van der Waals surface area contributed by atoms with Crippen LogP contribution in [0.25, 0.3) is 10.2 Å². The Bertz CT molecular complexity index is 1330. The molecule has 0 N–H and O–H groups in total. The summed E-state index contributed by atoms with van der Waals surface area (Å²) < 4.78 is 48.7. The van der Waals surface area contributed by atoms with Crippen molar-refractivity contribution >= 4 is 37.5 Å². The molecule has 1 unspecified atom stereocenters. The van der Waals surface area contributed by atoms with Gasteiger partial charge in [-0.15, -0.1) is 0 Å². The second-order valence-corrected chi connectivity index (χ2v) is 11.1. The van der Waals surface area contributed by atoms with Crippen molar-refractivity contribution in [1.29, 1.82) is 0 Å². The van der Waals surface area contributed by atoms with Crippen molar-refractivity contribution in [3.8, 4) is 0 Å². The number of sulfonamides is 1. The minimum atomic E-state index is -3.59. The lowest BCUT2D eigenvalue weighted by molar-refractivity contribution is 0.0997. The van der Waals surface area contributed by atoms with E-state index in [9.17, 15) is 17.6 Å². The van der Waals surface area contributed by atoms with E-state index in [-0.39, 0.29) is 16.3 Å². The number of hydrogen-bond donors (Lipinski definition) is 0. The molecule has 4 rings (SSSR count). The summed E-state index contributed by atoms with van der Waals surface area (Å²) in [6.45, 7) is 3.93. The zero-order valence-corrected chi connectivity index (χ0v) is 20.2. The van der Waals surface area contributed by atoms with Crippen LogP contribution in [0.5, 0.6) is 0 Å². The predicted octanol–water partition coefficient (Wildman–Crippen LogP) is 3.65. The Hall–Kier alpha value is -2.40. The molecule has 1 amide bonds. The highest BCUT2D eigenvalue weighted by molar-refractivity contribution is 7.89. The van der Waals surface area contributed by atoms with Crippen LogP contribution in [-0.2, 0) is 21.3 Å². The Balaban J connectivity index is 1.63. The molecule has 176 valence electrons.